The summed E-state index contributed by atoms with van der Waals surface area (Å²) in [4.78, 5) is 1.94. The Morgan fingerprint density at radius 2 is 2.29 bits per heavy atom. The van der Waals surface area contributed by atoms with Crippen LogP contribution in [0.1, 0.15) is 13.8 Å². The van der Waals surface area contributed by atoms with Crippen molar-refractivity contribution in [1.29, 1.82) is 0 Å². The molecular formula is C8H14N4O2. The van der Waals surface area contributed by atoms with Crippen molar-refractivity contribution in [3.63, 3.8) is 0 Å². The second kappa shape index (κ2) is 3.13. The van der Waals surface area contributed by atoms with E-state index in [1.807, 2.05) is 11.8 Å². The van der Waals surface area contributed by atoms with Gasteiger partial charge in [-0.1, -0.05) is 10.2 Å². The Balaban J connectivity index is 1.94. The van der Waals surface area contributed by atoms with E-state index in [1.165, 1.54) is 0 Å². The average Bonchev–Trinajstić information content (AvgIpc) is 2.47. The van der Waals surface area contributed by atoms with Gasteiger partial charge in [-0.15, -0.1) is 0 Å². The minimum atomic E-state index is -0.0853. The second-order valence-electron chi connectivity index (χ2n) is 3.66. The highest BCUT2D eigenvalue weighted by Crippen LogP contribution is 2.29. The zero-order chi connectivity index (χ0) is 10.2. The number of aromatic nitrogens is 2. The van der Waals surface area contributed by atoms with E-state index in [-0.39, 0.29) is 11.6 Å². The van der Waals surface area contributed by atoms with Gasteiger partial charge >= 0.3 is 12.0 Å². The van der Waals surface area contributed by atoms with Crippen LogP contribution in [-0.2, 0) is 4.74 Å². The van der Waals surface area contributed by atoms with E-state index in [9.17, 15) is 0 Å². The molecule has 0 atom stereocenters. The molecule has 2 rings (SSSR count). The number of nitrogens with zero attached hydrogens (tertiary/aromatic N) is 3. The minimum absolute atomic E-state index is 0.0853. The largest absolute Gasteiger partial charge is 0.390 e. The van der Waals surface area contributed by atoms with E-state index in [4.69, 9.17) is 14.9 Å². The van der Waals surface area contributed by atoms with Crippen molar-refractivity contribution in [2.24, 2.45) is 0 Å². The summed E-state index contributed by atoms with van der Waals surface area (Å²) in [7, 11) is 0. The van der Waals surface area contributed by atoms with Gasteiger partial charge in [0.05, 0.1) is 13.1 Å². The highest BCUT2D eigenvalue weighted by Gasteiger charge is 2.41. The van der Waals surface area contributed by atoms with Gasteiger partial charge in [0.2, 0.25) is 0 Å². The highest BCUT2D eigenvalue weighted by molar-refractivity contribution is 5.35. The number of hydrogen-bond donors (Lipinski definition) is 1. The molecule has 1 aliphatic heterocycles. The maximum absolute atomic E-state index is 5.56. The predicted octanol–water partition coefficient (Wildman–Crippen LogP) is 0.267. The van der Waals surface area contributed by atoms with Crippen LogP contribution in [0.15, 0.2) is 4.42 Å². The third kappa shape index (κ3) is 1.52. The van der Waals surface area contributed by atoms with Crippen molar-refractivity contribution < 1.29 is 9.15 Å². The lowest BCUT2D eigenvalue weighted by Gasteiger charge is -2.46. The second-order valence-corrected chi connectivity index (χ2v) is 3.66. The molecule has 0 aliphatic carbocycles. The molecule has 0 bridgehead atoms. The van der Waals surface area contributed by atoms with Crippen LogP contribution < -0.4 is 10.6 Å². The monoisotopic (exact) mass is 198 g/mol. The van der Waals surface area contributed by atoms with Crippen LogP contribution in [0.5, 0.6) is 0 Å². The van der Waals surface area contributed by atoms with E-state index >= 15 is 0 Å². The number of nitrogen functional groups attached to an aromatic ring is 1. The molecule has 1 saturated heterocycles. The van der Waals surface area contributed by atoms with Crippen molar-refractivity contribution in [2.45, 2.75) is 19.4 Å². The zero-order valence-electron chi connectivity index (χ0n) is 8.36. The van der Waals surface area contributed by atoms with Gasteiger partial charge in [-0.05, 0) is 13.8 Å². The number of nitrogens with two attached hydrogens (primary N) is 1. The summed E-state index contributed by atoms with van der Waals surface area (Å²) in [5, 5.41) is 7.38. The summed E-state index contributed by atoms with van der Waals surface area (Å²) in [6.07, 6.45) is 0. The van der Waals surface area contributed by atoms with Gasteiger partial charge in [0.15, 0.2) is 0 Å². The van der Waals surface area contributed by atoms with E-state index in [0.29, 0.717) is 6.01 Å². The Morgan fingerprint density at radius 3 is 2.79 bits per heavy atom. The van der Waals surface area contributed by atoms with Crippen molar-refractivity contribution in [3.05, 3.63) is 0 Å². The molecule has 1 fully saturated rings. The molecule has 78 valence electrons. The smallest absolute Gasteiger partial charge is 0.319 e. The topological polar surface area (TPSA) is 77.4 Å². The maximum atomic E-state index is 5.56. The fourth-order valence-corrected chi connectivity index (χ4v) is 1.69. The van der Waals surface area contributed by atoms with E-state index in [0.717, 1.165) is 19.7 Å². The molecule has 0 amide bonds. The van der Waals surface area contributed by atoms with Gasteiger partial charge < -0.3 is 19.8 Å². The molecule has 1 aromatic heterocycles. The van der Waals surface area contributed by atoms with Crippen LogP contribution in [0.4, 0.5) is 12.0 Å². The molecule has 2 heterocycles. The molecule has 0 unspecified atom stereocenters. The van der Waals surface area contributed by atoms with Crippen molar-refractivity contribution in [1.82, 2.24) is 10.2 Å². The average molecular weight is 198 g/mol. The first kappa shape index (κ1) is 9.26. The Kier molecular flexibility index (Phi) is 2.07. The fraction of sp³-hybridized carbons (Fsp3) is 0.750. The summed E-state index contributed by atoms with van der Waals surface area (Å²) in [5.74, 6) is 0. The van der Waals surface area contributed by atoms with E-state index in [2.05, 4.69) is 17.1 Å². The van der Waals surface area contributed by atoms with Gasteiger partial charge in [0, 0.05) is 6.61 Å². The molecule has 6 nitrogen and oxygen atoms in total. The molecule has 0 saturated carbocycles. The van der Waals surface area contributed by atoms with E-state index in [1.54, 1.807) is 0 Å². The van der Waals surface area contributed by atoms with Gasteiger partial charge in [-0.3, -0.25) is 0 Å². The summed E-state index contributed by atoms with van der Waals surface area (Å²) < 4.78 is 10.6. The zero-order valence-corrected chi connectivity index (χ0v) is 8.36. The van der Waals surface area contributed by atoms with Crippen molar-refractivity contribution in [2.75, 3.05) is 30.3 Å². The summed E-state index contributed by atoms with van der Waals surface area (Å²) in [5.41, 5.74) is 5.24. The van der Waals surface area contributed by atoms with E-state index < -0.39 is 0 Å². The first-order valence-electron chi connectivity index (χ1n) is 4.61. The lowest BCUT2D eigenvalue weighted by Crippen LogP contribution is -2.61. The lowest BCUT2D eigenvalue weighted by atomic mass is 9.97. The quantitative estimate of drug-likeness (QED) is 0.751. The maximum Gasteiger partial charge on any atom is 0.319 e. The number of hydrogen-bond acceptors (Lipinski definition) is 6. The first-order chi connectivity index (χ1) is 6.63. The predicted molar refractivity (Wildman–Crippen MR) is 51.0 cm³/mol. The number of ether oxygens (including phenoxy) is 1. The Labute approximate surface area is 82.0 Å². The third-order valence-electron chi connectivity index (χ3n) is 2.24. The molecular weight excluding hydrogens is 184 g/mol. The van der Waals surface area contributed by atoms with Crippen LogP contribution >= 0.6 is 0 Å². The summed E-state index contributed by atoms with van der Waals surface area (Å²) in [6.45, 7) is 6.30. The summed E-state index contributed by atoms with van der Waals surface area (Å²) in [6, 6.07) is 0.574. The van der Waals surface area contributed by atoms with Crippen LogP contribution in [0.2, 0.25) is 0 Å². The molecule has 1 aromatic rings. The Morgan fingerprint density at radius 1 is 1.57 bits per heavy atom. The summed E-state index contributed by atoms with van der Waals surface area (Å²) >= 11 is 0. The molecule has 2 N–H and O–H groups in total. The molecule has 1 aliphatic rings. The van der Waals surface area contributed by atoms with Crippen LogP contribution in [0.3, 0.4) is 0 Å². The normalized spacial score (nSPS) is 19.4. The lowest BCUT2D eigenvalue weighted by molar-refractivity contribution is -0.0464. The minimum Gasteiger partial charge on any atom is -0.390 e. The molecule has 0 aromatic carbocycles. The number of anilines is 2. The van der Waals surface area contributed by atoms with Gasteiger partial charge in [-0.2, -0.15) is 0 Å². The Bertz CT molecular complexity index is 319. The fourth-order valence-electron chi connectivity index (χ4n) is 1.69. The Hall–Kier alpha value is -1.30. The molecule has 0 radical (unpaired) electrons. The van der Waals surface area contributed by atoms with Crippen molar-refractivity contribution >= 4 is 12.0 Å². The van der Waals surface area contributed by atoms with Crippen LogP contribution in [0.25, 0.3) is 0 Å². The van der Waals surface area contributed by atoms with Crippen LogP contribution in [0, 0.1) is 0 Å². The molecule has 14 heavy (non-hydrogen) atoms. The molecule has 6 heteroatoms. The first-order valence-corrected chi connectivity index (χ1v) is 4.61. The standard InChI is InChI=1S/C8H14N4O2/c1-3-13-8(2)4-12(5-8)7-11-10-6(9)14-7/h3-5H2,1-2H3,(H2,9,10). The molecule has 0 spiro atoms. The van der Waals surface area contributed by atoms with Crippen molar-refractivity contribution in [3.8, 4) is 0 Å². The van der Waals surface area contributed by atoms with Gasteiger partial charge in [-0.25, -0.2) is 0 Å². The highest BCUT2D eigenvalue weighted by atomic mass is 16.5. The SMILES string of the molecule is CCOC1(C)CN(c2nnc(N)o2)C1. The third-order valence-corrected chi connectivity index (χ3v) is 2.24. The van der Waals surface area contributed by atoms with Gasteiger partial charge in [0.25, 0.3) is 0 Å². The van der Waals surface area contributed by atoms with Gasteiger partial charge in [0.1, 0.15) is 5.60 Å². The van der Waals surface area contributed by atoms with Crippen LogP contribution in [-0.4, -0.2) is 35.5 Å². The number of rotatable bonds is 3.